The fourth-order valence-corrected chi connectivity index (χ4v) is 2.58. The average Bonchev–Trinajstić information content (AvgIpc) is 2.28. The number of anilines is 1. The summed E-state index contributed by atoms with van der Waals surface area (Å²) >= 11 is 0. The van der Waals surface area contributed by atoms with E-state index in [-0.39, 0.29) is 11.4 Å². The molecular formula is C15H23FN2. The van der Waals surface area contributed by atoms with Crippen LogP contribution in [0.4, 0.5) is 10.1 Å². The third kappa shape index (κ3) is 3.45. The van der Waals surface area contributed by atoms with Gasteiger partial charge in [-0.3, -0.25) is 0 Å². The molecule has 0 bridgehead atoms. The van der Waals surface area contributed by atoms with Crippen molar-refractivity contribution in [3.05, 3.63) is 29.6 Å². The van der Waals surface area contributed by atoms with Crippen molar-refractivity contribution in [3.8, 4) is 0 Å². The van der Waals surface area contributed by atoms with Gasteiger partial charge in [0, 0.05) is 18.6 Å². The molecule has 0 atom stereocenters. The van der Waals surface area contributed by atoms with Crippen LogP contribution in [0.3, 0.4) is 0 Å². The molecule has 1 aliphatic heterocycles. The van der Waals surface area contributed by atoms with Crippen molar-refractivity contribution in [3.63, 3.8) is 0 Å². The van der Waals surface area contributed by atoms with E-state index in [2.05, 4.69) is 4.90 Å². The van der Waals surface area contributed by atoms with E-state index in [1.54, 1.807) is 6.07 Å². The minimum absolute atomic E-state index is 0.112. The summed E-state index contributed by atoms with van der Waals surface area (Å²) in [6, 6.07) is 5.54. The first-order valence-corrected chi connectivity index (χ1v) is 6.78. The van der Waals surface area contributed by atoms with Crippen LogP contribution in [0.15, 0.2) is 18.2 Å². The standard InChI is InChI=1S/C15H23FN2/c1-15(2,17)11-12-6-7-14(13(16)10-12)18-8-4-3-5-9-18/h6-7,10H,3-5,8-9,11,17H2,1-2H3. The summed E-state index contributed by atoms with van der Waals surface area (Å²) in [7, 11) is 0. The Labute approximate surface area is 109 Å². The van der Waals surface area contributed by atoms with Gasteiger partial charge in [-0.05, 0) is 57.2 Å². The van der Waals surface area contributed by atoms with E-state index in [9.17, 15) is 4.39 Å². The van der Waals surface area contributed by atoms with Gasteiger partial charge >= 0.3 is 0 Å². The minimum atomic E-state index is -0.293. The van der Waals surface area contributed by atoms with Crippen LogP contribution in [0.1, 0.15) is 38.7 Å². The summed E-state index contributed by atoms with van der Waals surface area (Å²) in [4.78, 5) is 2.15. The number of halogens is 1. The smallest absolute Gasteiger partial charge is 0.146 e. The molecule has 1 fully saturated rings. The molecule has 18 heavy (non-hydrogen) atoms. The molecule has 0 spiro atoms. The maximum Gasteiger partial charge on any atom is 0.146 e. The SMILES string of the molecule is CC(C)(N)Cc1ccc(N2CCCCC2)c(F)c1. The van der Waals surface area contributed by atoms with Crippen LogP contribution in [0, 0.1) is 5.82 Å². The molecule has 1 aromatic carbocycles. The third-order valence-corrected chi connectivity index (χ3v) is 3.37. The number of nitrogens with two attached hydrogens (primary N) is 1. The zero-order valence-electron chi connectivity index (χ0n) is 11.4. The fourth-order valence-electron chi connectivity index (χ4n) is 2.58. The predicted octanol–water partition coefficient (Wildman–Crippen LogP) is 3.10. The first kappa shape index (κ1) is 13.3. The molecule has 3 heteroatoms. The molecule has 2 N–H and O–H groups in total. The van der Waals surface area contributed by atoms with Crippen LogP contribution >= 0.6 is 0 Å². The van der Waals surface area contributed by atoms with Crippen molar-refractivity contribution < 1.29 is 4.39 Å². The molecular weight excluding hydrogens is 227 g/mol. The highest BCUT2D eigenvalue weighted by molar-refractivity contribution is 5.49. The Morgan fingerprint density at radius 3 is 2.44 bits per heavy atom. The van der Waals surface area contributed by atoms with E-state index in [1.165, 1.54) is 6.42 Å². The molecule has 0 aliphatic carbocycles. The van der Waals surface area contributed by atoms with E-state index in [0.29, 0.717) is 6.42 Å². The largest absolute Gasteiger partial charge is 0.369 e. The number of benzene rings is 1. The van der Waals surface area contributed by atoms with Gasteiger partial charge in [0.15, 0.2) is 0 Å². The molecule has 1 aromatic rings. The van der Waals surface area contributed by atoms with Gasteiger partial charge < -0.3 is 10.6 Å². The molecule has 2 rings (SSSR count). The maximum absolute atomic E-state index is 14.1. The minimum Gasteiger partial charge on any atom is -0.369 e. The lowest BCUT2D eigenvalue weighted by molar-refractivity contribution is 0.513. The van der Waals surface area contributed by atoms with Crippen molar-refractivity contribution in [1.82, 2.24) is 0 Å². The molecule has 100 valence electrons. The second kappa shape index (κ2) is 5.27. The summed E-state index contributed by atoms with van der Waals surface area (Å²) in [5.41, 5.74) is 7.39. The lowest BCUT2D eigenvalue weighted by Crippen LogP contribution is -2.34. The van der Waals surface area contributed by atoms with Crippen molar-refractivity contribution in [2.24, 2.45) is 5.73 Å². The molecule has 0 saturated carbocycles. The monoisotopic (exact) mass is 250 g/mol. The second-order valence-electron chi connectivity index (χ2n) is 6.00. The molecule has 1 saturated heterocycles. The van der Waals surface area contributed by atoms with Gasteiger partial charge in [-0.25, -0.2) is 4.39 Å². The lowest BCUT2D eigenvalue weighted by atomic mass is 9.96. The molecule has 0 amide bonds. The van der Waals surface area contributed by atoms with Crippen molar-refractivity contribution >= 4 is 5.69 Å². The van der Waals surface area contributed by atoms with E-state index < -0.39 is 0 Å². The van der Waals surface area contributed by atoms with Gasteiger partial charge in [-0.2, -0.15) is 0 Å². The van der Waals surface area contributed by atoms with Crippen LogP contribution in [-0.4, -0.2) is 18.6 Å². The lowest BCUT2D eigenvalue weighted by Gasteiger charge is -2.29. The van der Waals surface area contributed by atoms with Crippen LogP contribution in [0.25, 0.3) is 0 Å². The number of nitrogens with zero attached hydrogens (tertiary/aromatic N) is 1. The Morgan fingerprint density at radius 1 is 1.22 bits per heavy atom. The highest BCUT2D eigenvalue weighted by Gasteiger charge is 2.17. The summed E-state index contributed by atoms with van der Waals surface area (Å²) in [5.74, 6) is -0.112. The Morgan fingerprint density at radius 2 is 1.89 bits per heavy atom. The summed E-state index contributed by atoms with van der Waals surface area (Å²) in [6.45, 7) is 5.87. The second-order valence-corrected chi connectivity index (χ2v) is 6.00. The fraction of sp³-hybridized carbons (Fsp3) is 0.600. The first-order valence-electron chi connectivity index (χ1n) is 6.78. The Hall–Kier alpha value is -1.09. The number of rotatable bonds is 3. The highest BCUT2D eigenvalue weighted by atomic mass is 19.1. The third-order valence-electron chi connectivity index (χ3n) is 3.37. The molecule has 2 nitrogen and oxygen atoms in total. The predicted molar refractivity (Wildman–Crippen MR) is 74.4 cm³/mol. The Balaban J connectivity index is 2.14. The summed E-state index contributed by atoms with van der Waals surface area (Å²) < 4.78 is 14.1. The number of hydrogen-bond donors (Lipinski definition) is 1. The molecule has 1 heterocycles. The van der Waals surface area contributed by atoms with Crippen LogP contribution in [-0.2, 0) is 6.42 Å². The van der Waals surface area contributed by atoms with Gasteiger partial charge in [0.2, 0.25) is 0 Å². The van der Waals surface area contributed by atoms with Crippen LogP contribution < -0.4 is 10.6 Å². The van der Waals surface area contributed by atoms with E-state index in [1.807, 2.05) is 26.0 Å². The topological polar surface area (TPSA) is 29.3 Å². The Kier molecular flexibility index (Phi) is 3.91. The van der Waals surface area contributed by atoms with Crippen LogP contribution in [0.2, 0.25) is 0 Å². The van der Waals surface area contributed by atoms with E-state index in [0.717, 1.165) is 37.2 Å². The molecule has 0 aromatic heterocycles. The normalized spacial score (nSPS) is 17.0. The van der Waals surface area contributed by atoms with Crippen molar-refractivity contribution in [2.45, 2.75) is 45.1 Å². The van der Waals surface area contributed by atoms with Gasteiger partial charge in [0.25, 0.3) is 0 Å². The Bertz CT molecular complexity index is 403. The average molecular weight is 250 g/mol. The summed E-state index contributed by atoms with van der Waals surface area (Å²) in [5, 5.41) is 0. The molecule has 0 unspecified atom stereocenters. The van der Waals surface area contributed by atoms with Gasteiger partial charge in [-0.1, -0.05) is 6.07 Å². The number of piperidine rings is 1. The van der Waals surface area contributed by atoms with Gasteiger partial charge in [0.1, 0.15) is 5.82 Å². The highest BCUT2D eigenvalue weighted by Crippen LogP contribution is 2.25. The maximum atomic E-state index is 14.1. The van der Waals surface area contributed by atoms with Crippen molar-refractivity contribution in [2.75, 3.05) is 18.0 Å². The van der Waals surface area contributed by atoms with E-state index in [4.69, 9.17) is 5.73 Å². The molecule has 0 radical (unpaired) electrons. The summed E-state index contributed by atoms with van der Waals surface area (Å²) in [6.07, 6.45) is 4.29. The van der Waals surface area contributed by atoms with Gasteiger partial charge in [-0.15, -0.1) is 0 Å². The zero-order chi connectivity index (χ0) is 13.2. The van der Waals surface area contributed by atoms with Crippen LogP contribution in [0.5, 0.6) is 0 Å². The number of hydrogen-bond acceptors (Lipinski definition) is 2. The van der Waals surface area contributed by atoms with E-state index >= 15 is 0 Å². The van der Waals surface area contributed by atoms with Gasteiger partial charge in [0.05, 0.1) is 5.69 Å². The molecule has 1 aliphatic rings. The van der Waals surface area contributed by atoms with Crippen molar-refractivity contribution in [1.29, 1.82) is 0 Å². The zero-order valence-corrected chi connectivity index (χ0v) is 11.4. The quantitative estimate of drug-likeness (QED) is 0.893. The first-order chi connectivity index (χ1) is 8.46.